The number of nitrogens with zero attached hydrogens (tertiary/aromatic N) is 2. The maximum Gasteiger partial charge on any atom is 0.348 e. The quantitative estimate of drug-likeness (QED) is 0.920. The normalized spacial score (nSPS) is 11.0. The monoisotopic (exact) mass is 290 g/mol. The first-order valence-corrected chi connectivity index (χ1v) is 7.24. The van der Waals surface area contributed by atoms with E-state index in [1.807, 2.05) is 45.3 Å². The number of aromatic nitrogens is 1. The van der Waals surface area contributed by atoms with Gasteiger partial charge in [0.1, 0.15) is 4.88 Å². The van der Waals surface area contributed by atoms with Gasteiger partial charge in [-0.3, -0.25) is 0 Å². The number of hydrogen-bond acceptors (Lipinski definition) is 4. The van der Waals surface area contributed by atoms with E-state index in [0.717, 1.165) is 29.1 Å². The fourth-order valence-corrected chi connectivity index (χ4v) is 2.84. The molecule has 0 bridgehead atoms. The summed E-state index contributed by atoms with van der Waals surface area (Å²) < 4.78 is 0. The molecule has 0 aliphatic rings. The minimum atomic E-state index is -0.907. The lowest BCUT2D eigenvalue weighted by molar-refractivity contribution is 0.0702. The number of carboxylic acid groups (broad SMARTS) is 1. The summed E-state index contributed by atoms with van der Waals surface area (Å²) >= 11 is 1.27. The van der Waals surface area contributed by atoms with Crippen LogP contribution >= 0.6 is 11.3 Å². The highest BCUT2D eigenvalue weighted by Gasteiger charge is 2.18. The van der Waals surface area contributed by atoms with Crippen molar-refractivity contribution in [2.24, 2.45) is 0 Å². The first-order chi connectivity index (χ1) is 9.47. The van der Waals surface area contributed by atoms with Crippen molar-refractivity contribution >= 4 is 17.3 Å². The van der Waals surface area contributed by atoms with Gasteiger partial charge in [-0.15, -0.1) is 11.3 Å². The molecule has 0 saturated heterocycles. The summed E-state index contributed by atoms with van der Waals surface area (Å²) in [6.07, 6.45) is 0.768. The lowest BCUT2D eigenvalue weighted by Gasteiger charge is -2.06. The molecule has 1 N–H and O–H groups in total. The van der Waals surface area contributed by atoms with Crippen LogP contribution < -0.4 is 0 Å². The van der Waals surface area contributed by atoms with Crippen molar-refractivity contribution in [2.75, 3.05) is 20.6 Å². The first-order valence-electron chi connectivity index (χ1n) is 6.42. The van der Waals surface area contributed by atoms with Gasteiger partial charge in [0.2, 0.25) is 0 Å². The summed E-state index contributed by atoms with van der Waals surface area (Å²) in [6.45, 7) is 2.85. The molecule has 2 rings (SSSR count). The van der Waals surface area contributed by atoms with Crippen LogP contribution in [0.25, 0.3) is 11.3 Å². The van der Waals surface area contributed by atoms with Crippen molar-refractivity contribution in [3.05, 3.63) is 39.7 Å². The summed E-state index contributed by atoms with van der Waals surface area (Å²) in [4.78, 5) is 18.3. The van der Waals surface area contributed by atoms with E-state index in [1.54, 1.807) is 0 Å². The summed E-state index contributed by atoms with van der Waals surface area (Å²) in [6, 6.07) is 7.79. The van der Waals surface area contributed by atoms with E-state index in [2.05, 4.69) is 9.88 Å². The molecule has 4 nitrogen and oxygen atoms in total. The Bertz CT molecular complexity index is 620. The van der Waals surface area contributed by atoms with Gasteiger partial charge in [0, 0.05) is 18.5 Å². The Morgan fingerprint density at radius 1 is 1.40 bits per heavy atom. The Morgan fingerprint density at radius 3 is 2.75 bits per heavy atom. The molecule has 0 aliphatic heterocycles. The number of rotatable bonds is 5. The Hall–Kier alpha value is -1.72. The van der Waals surface area contributed by atoms with Gasteiger partial charge in [-0.05, 0) is 27.1 Å². The van der Waals surface area contributed by atoms with Gasteiger partial charge in [-0.1, -0.05) is 23.8 Å². The van der Waals surface area contributed by atoms with E-state index in [0.29, 0.717) is 10.6 Å². The molecule has 0 saturated carbocycles. The van der Waals surface area contributed by atoms with Crippen molar-refractivity contribution in [2.45, 2.75) is 13.3 Å². The van der Waals surface area contributed by atoms with Gasteiger partial charge in [0.15, 0.2) is 0 Å². The van der Waals surface area contributed by atoms with Crippen LogP contribution in [-0.4, -0.2) is 41.6 Å². The van der Waals surface area contributed by atoms with Crippen molar-refractivity contribution in [3.8, 4) is 11.3 Å². The number of thiazole rings is 1. The number of aromatic carboxylic acids is 1. The molecular formula is C15H18N2O2S. The molecule has 0 unspecified atom stereocenters. The highest BCUT2D eigenvalue weighted by atomic mass is 32.1. The van der Waals surface area contributed by atoms with Crippen LogP contribution in [-0.2, 0) is 6.42 Å². The zero-order chi connectivity index (χ0) is 14.7. The van der Waals surface area contributed by atoms with Crippen LogP contribution in [0.1, 0.15) is 20.2 Å². The van der Waals surface area contributed by atoms with E-state index in [4.69, 9.17) is 0 Å². The molecule has 1 heterocycles. The lowest BCUT2D eigenvalue weighted by atomic mass is 10.1. The zero-order valence-electron chi connectivity index (χ0n) is 11.9. The maximum atomic E-state index is 11.4. The average molecular weight is 290 g/mol. The number of carbonyl (C=O) groups is 1. The van der Waals surface area contributed by atoms with Gasteiger partial charge in [-0.2, -0.15) is 0 Å². The molecule has 20 heavy (non-hydrogen) atoms. The summed E-state index contributed by atoms with van der Waals surface area (Å²) in [5.41, 5.74) is 2.55. The molecule has 0 spiro atoms. The van der Waals surface area contributed by atoms with Crippen LogP contribution in [0.5, 0.6) is 0 Å². The minimum absolute atomic E-state index is 0.323. The fourth-order valence-electron chi connectivity index (χ4n) is 1.92. The van der Waals surface area contributed by atoms with Crippen molar-refractivity contribution in [1.29, 1.82) is 0 Å². The van der Waals surface area contributed by atoms with E-state index in [9.17, 15) is 9.90 Å². The van der Waals surface area contributed by atoms with Gasteiger partial charge in [-0.25, -0.2) is 9.78 Å². The highest BCUT2D eigenvalue weighted by molar-refractivity contribution is 7.14. The largest absolute Gasteiger partial charge is 0.477 e. The van der Waals surface area contributed by atoms with Crippen LogP contribution in [0.2, 0.25) is 0 Å². The standard InChI is InChI=1S/C15H18N2O2S/c1-10-5-4-6-11(9-10)13-14(15(18)19)20-12(16-13)7-8-17(2)3/h4-6,9H,7-8H2,1-3H3,(H,18,19). The van der Waals surface area contributed by atoms with Crippen LogP contribution in [0.4, 0.5) is 0 Å². The number of aryl methyl sites for hydroxylation is 1. The minimum Gasteiger partial charge on any atom is -0.477 e. The third kappa shape index (κ3) is 3.43. The predicted octanol–water partition coefficient (Wildman–Crippen LogP) is 2.92. The van der Waals surface area contributed by atoms with Crippen LogP contribution in [0, 0.1) is 6.92 Å². The van der Waals surface area contributed by atoms with Gasteiger partial charge < -0.3 is 10.0 Å². The van der Waals surface area contributed by atoms with Gasteiger partial charge >= 0.3 is 5.97 Å². The molecular weight excluding hydrogens is 272 g/mol. The fraction of sp³-hybridized carbons (Fsp3) is 0.333. The number of likely N-dealkylation sites (N-methyl/N-ethyl adjacent to an activating group) is 1. The molecule has 5 heteroatoms. The lowest BCUT2D eigenvalue weighted by Crippen LogP contribution is -2.14. The smallest absolute Gasteiger partial charge is 0.348 e. The topological polar surface area (TPSA) is 53.4 Å². The second-order valence-electron chi connectivity index (χ2n) is 5.01. The van der Waals surface area contributed by atoms with E-state index in [-0.39, 0.29) is 0 Å². The van der Waals surface area contributed by atoms with E-state index in [1.165, 1.54) is 11.3 Å². The second-order valence-corrected chi connectivity index (χ2v) is 6.10. The first kappa shape index (κ1) is 14.7. The van der Waals surface area contributed by atoms with Gasteiger partial charge in [0.25, 0.3) is 0 Å². The van der Waals surface area contributed by atoms with Crippen LogP contribution in [0.3, 0.4) is 0 Å². The van der Waals surface area contributed by atoms with Crippen molar-refractivity contribution in [1.82, 2.24) is 9.88 Å². The molecule has 0 radical (unpaired) electrons. The second kappa shape index (κ2) is 6.15. The molecule has 0 fully saturated rings. The number of hydrogen-bond donors (Lipinski definition) is 1. The molecule has 0 amide bonds. The van der Waals surface area contributed by atoms with Crippen LogP contribution in [0.15, 0.2) is 24.3 Å². The average Bonchev–Trinajstić information content (AvgIpc) is 2.80. The molecule has 106 valence electrons. The third-order valence-electron chi connectivity index (χ3n) is 2.93. The molecule has 0 aliphatic carbocycles. The number of benzene rings is 1. The SMILES string of the molecule is Cc1cccc(-c2nc(CCN(C)C)sc2C(=O)O)c1. The predicted molar refractivity (Wildman–Crippen MR) is 81.5 cm³/mol. The Labute approximate surface area is 122 Å². The van der Waals surface area contributed by atoms with Crippen molar-refractivity contribution in [3.63, 3.8) is 0 Å². The molecule has 0 atom stereocenters. The summed E-state index contributed by atoms with van der Waals surface area (Å²) in [5.74, 6) is -0.907. The summed E-state index contributed by atoms with van der Waals surface area (Å²) in [7, 11) is 3.99. The Kier molecular flexibility index (Phi) is 4.52. The molecule has 1 aromatic heterocycles. The zero-order valence-corrected chi connectivity index (χ0v) is 12.7. The molecule has 1 aromatic carbocycles. The highest BCUT2D eigenvalue weighted by Crippen LogP contribution is 2.29. The van der Waals surface area contributed by atoms with E-state index >= 15 is 0 Å². The number of carboxylic acids is 1. The Morgan fingerprint density at radius 2 is 2.15 bits per heavy atom. The van der Waals surface area contributed by atoms with Crippen molar-refractivity contribution < 1.29 is 9.90 Å². The molecule has 2 aromatic rings. The Balaban J connectivity index is 2.38. The maximum absolute atomic E-state index is 11.4. The summed E-state index contributed by atoms with van der Waals surface area (Å²) in [5, 5.41) is 10.2. The van der Waals surface area contributed by atoms with E-state index < -0.39 is 5.97 Å². The van der Waals surface area contributed by atoms with Gasteiger partial charge in [0.05, 0.1) is 10.7 Å². The third-order valence-corrected chi connectivity index (χ3v) is 4.03.